The first-order valence-electron chi connectivity index (χ1n) is 8.33. The van der Waals surface area contributed by atoms with E-state index in [9.17, 15) is 8.42 Å². The molecule has 138 valence electrons. The first kappa shape index (κ1) is 17.6. The van der Waals surface area contributed by atoms with Crippen LogP contribution >= 0.6 is 0 Å². The van der Waals surface area contributed by atoms with E-state index >= 15 is 0 Å². The van der Waals surface area contributed by atoms with Gasteiger partial charge in [0.2, 0.25) is 0 Å². The van der Waals surface area contributed by atoms with Crippen molar-refractivity contribution >= 4 is 32.7 Å². The van der Waals surface area contributed by atoms with E-state index in [1.807, 2.05) is 30.5 Å². The molecule has 0 radical (unpaired) electrons. The second-order valence-electron chi connectivity index (χ2n) is 6.62. The molecule has 0 bridgehead atoms. The molecule has 3 aromatic rings. The Morgan fingerprint density at radius 3 is 2.56 bits per heavy atom. The number of rotatable bonds is 3. The summed E-state index contributed by atoms with van der Waals surface area (Å²) in [6.45, 7) is 0. The fourth-order valence-electron chi connectivity index (χ4n) is 3.11. The minimum Gasteiger partial charge on any atom is -0.361 e. The molecule has 0 spiro atoms. The van der Waals surface area contributed by atoms with Crippen LogP contribution in [0.15, 0.2) is 69.6 Å². The molecule has 2 atom stereocenters. The van der Waals surface area contributed by atoms with E-state index < -0.39 is 21.7 Å². The molecule has 1 aromatic heterocycles. The van der Waals surface area contributed by atoms with Crippen LogP contribution in [-0.2, 0) is 15.5 Å². The van der Waals surface area contributed by atoms with Gasteiger partial charge in [0.15, 0.2) is 15.5 Å². The summed E-state index contributed by atoms with van der Waals surface area (Å²) in [4.78, 5) is 12.4. The van der Waals surface area contributed by atoms with Crippen molar-refractivity contribution in [3.8, 4) is 0 Å². The minimum absolute atomic E-state index is 0.244. The van der Waals surface area contributed by atoms with Crippen LogP contribution in [0.25, 0.3) is 10.9 Å². The van der Waals surface area contributed by atoms with Crippen molar-refractivity contribution in [2.75, 3.05) is 6.26 Å². The smallest absolute Gasteiger partial charge is 0.175 e. The van der Waals surface area contributed by atoms with Crippen LogP contribution in [0.5, 0.6) is 0 Å². The maximum Gasteiger partial charge on any atom is 0.175 e. The second kappa shape index (κ2) is 6.12. The van der Waals surface area contributed by atoms with Gasteiger partial charge >= 0.3 is 0 Å². The summed E-state index contributed by atoms with van der Waals surface area (Å²) < 4.78 is 23.3. The number of benzene rings is 2. The van der Waals surface area contributed by atoms with E-state index in [1.54, 1.807) is 30.5 Å². The van der Waals surface area contributed by atoms with Crippen molar-refractivity contribution < 1.29 is 8.42 Å². The standard InChI is InChI=1S/C19H19N5O2S/c1-27(25,26)15-5-2-12(3-6-15)17-11-23-18(20)19(21,24-17)14-4-7-16-13(10-14)8-9-22-16/h2-11,18,22H,20-21H2,1H3. The highest BCUT2D eigenvalue weighted by Gasteiger charge is 2.37. The van der Waals surface area contributed by atoms with Gasteiger partial charge in [-0.25, -0.2) is 8.42 Å². The van der Waals surface area contributed by atoms with Gasteiger partial charge in [0.1, 0.15) is 6.17 Å². The Labute approximate surface area is 156 Å². The normalized spacial score (nSPS) is 22.8. The Bertz CT molecular complexity index is 1180. The summed E-state index contributed by atoms with van der Waals surface area (Å²) in [6, 6.07) is 14.2. The summed E-state index contributed by atoms with van der Waals surface area (Å²) in [5.74, 6) is 0. The Morgan fingerprint density at radius 1 is 1.11 bits per heavy atom. The molecular weight excluding hydrogens is 362 g/mol. The highest BCUT2D eigenvalue weighted by atomic mass is 32.2. The van der Waals surface area contributed by atoms with Crippen LogP contribution in [0.3, 0.4) is 0 Å². The third-order valence-corrected chi connectivity index (χ3v) is 5.84. The lowest BCUT2D eigenvalue weighted by Gasteiger charge is -2.32. The van der Waals surface area contributed by atoms with Crippen LogP contribution in [0.4, 0.5) is 0 Å². The second-order valence-corrected chi connectivity index (χ2v) is 8.64. The number of nitrogens with two attached hydrogens (primary N) is 2. The van der Waals surface area contributed by atoms with Crippen molar-refractivity contribution in [2.45, 2.75) is 16.7 Å². The van der Waals surface area contributed by atoms with E-state index in [1.165, 1.54) is 6.26 Å². The molecule has 5 N–H and O–H groups in total. The van der Waals surface area contributed by atoms with E-state index in [2.05, 4.69) is 15.0 Å². The molecule has 1 aliphatic rings. The lowest BCUT2D eigenvalue weighted by Crippen LogP contribution is -2.52. The van der Waals surface area contributed by atoms with Gasteiger partial charge in [-0.1, -0.05) is 18.2 Å². The highest BCUT2D eigenvalue weighted by Crippen LogP contribution is 2.29. The fraction of sp³-hybridized carbons (Fsp3) is 0.158. The number of aromatic nitrogens is 1. The SMILES string of the molecule is CS(=O)(=O)c1ccc(C2=NC(N)(c3ccc4[nH]ccc4c3)C(N)N=C2)cc1. The predicted octanol–water partition coefficient (Wildman–Crippen LogP) is 1.54. The predicted molar refractivity (Wildman–Crippen MR) is 107 cm³/mol. The van der Waals surface area contributed by atoms with Crippen molar-refractivity contribution in [3.63, 3.8) is 0 Å². The lowest BCUT2D eigenvalue weighted by molar-refractivity contribution is 0.377. The first-order chi connectivity index (χ1) is 12.8. The molecular formula is C19H19N5O2S. The van der Waals surface area contributed by atoms with Crippen LogP contribution in [0.2, 0.25) is 0 Å². The average Bonchev–Trinajstić information content (AvgIpc) is 3.11. The zero-order valence-corrected chi connectivity index (χ0v) is 15.4. The van der Waals surface area contributed by atoms with Gasteiger partial charge in [0.05, 0.1) is 10.6 Å². The summed E-state index contributed by atoms with van der Waals surface area (Å²) in [5, 5.41) is 1.01. The van der Waals surface area contributed by atoms with Crippen molar-refractivity contribution in [2.24, 2.45) is 21.5 Å². The Balaban J connectivity index is 1.77. The molecule has 2 heterocycles. The fourth-order valence-corrected chi connectivity index (χ4v) is 3.74. The summed E-state index contributed by atoms with van der Waals surface area (Å²) in [6.07, 6.45) is 3.87. The zero-order chi connectivity index (χ0) is 19.2. The molecule has 0 aliphatic carbocycles. The lowest BCUT2D eigenvalue weighted by atomic mass is 9.94. The molecule has 7 nitrogen and oxygen atoms in total. The average molecular weight is 381 g/mol. The van der Waals surface area contributed by atoms with Gasteiger partial charge < -0.3 is 16.5 Å². The Hall–Kier alpha value is -2.81. The Kier molecular flexibility index (Phi) is 3.99. The maximum absolute atomic E-state index is 11.6. The Morgan fingerprint density at radius 2 is 1.85 bits per heavy atom. The highest BCUT2D eigenvalue weighted by molar-refractivity contribution is 7.90. The number of H-pyrrole nitrogens is 1. The molecule has 0 saturated carbocycles. The maximum atomic E-state index is 11.6. The van der Waals surface area contributed by atoms with Gasteiger partial charge in [-0.05, 0) is 41.3 Å². The molecule has 2 unspecified atom stereocenters. The van der Waals surface area contributed by atoms with Crippen molar-refractivity contribution in [1.29, 1.82) is 0 Å². The number of nitrogens with zero attached hydrogens (tertiary/aromatic N) is 2. The third kappa shape index (κ3) is 3.08. The number of hydrogen-bond acceptors (Lipinski definition) is 6. The third-order valence-electron chi connectivity index (χ3n) is 4.71. The monoisotopic (exact) mass is 381 g/mol. The minimum atomic E-state index is -3.26. The molecule has 0 fully saturated rings. The number of fused-ring (bicyclic) bond motifs is 1. The molecule has 0 amide bonds. The number of aliphatic imine (C=N–C) groups is 2. The number of sulfone groups is 1. The number of nitrogens with one attached hydrogen (secondary N) is 1. The number of hydrogen-bond donors (Lipinski definition) is 3. The van der Waals surface area contributed by atoms with Gasteiger partial charge in [0, 0.05) is 29.7 Å². The summed E-state index contributed by atoms with van der Waals surface area (Å²) in [7, 11) is -3.26. The first-order valence-corrected chi connectivity index (χ1v) is 10.2. The van der Waals surface area contributed by atoms with Crippen molar-refractivity contribution in [1.82, 2.24) is 4.98 Å². The van der Waals surface area contributed by atoms with E-state index in [0.29, 0.717) is 5.71 Å². The molecule has 2 aromatic carbocycles. The van der Waals surface area contributed by atoms with E-state index in [0.717, 1.165) is 22.0 Å². The number of aromatic amines is 1. The van der Waals surface area contributed by atoms with Crippen molar-refractivity contribution in [3.05, 3.63) is 65.9 Å². The molecule has 4 rings (SSSR count). The van der Waals surface area contributed by atoms with Crippen LogP contribution in [0.1, 0.15) is 11.1 Å². The summed E-state index contributed by atoms with van der Waals surface area (Å²) >= 11 is 0. The zero-order valence-electron chi connectivity index (χ0n) is 14.6. The van der Waals surface area contributed by atoms with Crippen LogP contribution < -0.4 is 11.5 Å². The topological polar surface area (TPSA) is 127 Å². The van der Waals surface area contributed by atoms with Gasteiger partial charge in [-0.3, -0.25) is 9.98 Å². The van der Waals surface area contributed by atoms with Crippen LogP contribution in [0, 0.1) is 0 Å². The molecule has 1 aliphatic heterocycles. The van der Waals surface area contributed by atoms with E-state index in [4.69, 9.17) is 11.5 Å². The van der Waals surface area contributed by atoms with Gasteiger partial charge in [-0.15, -0.1) is 0 Å². The quantitative estimate of drug-likeness (QED) is 0.636. The summed E-state index contributed by atoms with van der Waals surface area (Å²) in [5.41, 5.74) is 14.5. The van der Waals surface area contributed by atoms with E-state index in [-0.39, 0.29) is 4.90 Å². The molecule has 8 heteroatoms. The molecule has 0 saturated heterocycles. The van der Waals surface area contributed by atoms with Crippen LogP contribution in [-0.4, -0.2) is 37.7 Å². The molecule has 27 heavy (non-hydrogen) atoms. The van der Waals surface area contributed by atoms with Gasteiger partial charge in [0.25, 0.3) is 0 Å². The largest absolute Gasteiger partial charge is 0.361 e. The van der Waals surface area contributed by atoms with Gasteiger partial charge in [-0.2, -0.15) is 0 Å².